The third kappa shape index (κ3) is 3.49. The fourth-order valence-corrected chi connectivity index (χ4v) is 3.67. The van der Waals surface area contributed by atoms with Crippen molar-refractivity contribution >= 4 is 39.0 Å². The normalized spacial score (nSPS) is 15.1. The predicted molar refractivity (Wildman–Crippen MR) is 102 cm³/mol. The summed E-state index contributed by atoms with van der Waals surface area (Å²) in [5.41, 5.74) is 1.99. The highest BCUT2D eigenvalue weighted by atomic mass is 32.1. The molecule has 1 unspecified atom stereocenters. The smallest absolute Gasteiger partial charge is 0.227 e. The van der Waals surface area contributed by atoms with E-state index in [1.807, 2.05) is 24.3 Å². The molecule has 2 aromatic heterocycles. The van der Waals surface area contributed by atoms with Crippen molar-refractivity contribution in [2.45, 2.75) is 32.7 Å². The van der Waals surface area contributed by atoms with Gasteiger partial charge in [0.1, 0.15) is 17.0 Å². The third-order valence-electron chi connectivity index (χ3n) is 4.43. The Morgan fingerprint density at radius 3 is 2.72 bits per heavy atom. The van der Waals surface area contributed by atoms with Gasteiger partial charge < -0.3 is 10.6 Å². The van der Waals surface area contributed by atoms with Gasteiger partial charge in [-0.2, -0.15) is 0 Å². The topological polar surface area (TPSA) is 66.9 Å². The lowest BCUT2D eigenvalue weighted by molar-refractivity contribution is -0.117. The summed E-state index contributed by atoms with van der Waals surface area (Å²) in [4.78, 5) is 22.8. The highest BCUT2D eigenvalue weighted by Crippen LogP contribution is 2.31. The van der Waals surface area contributed by atoms with E-state index in [2.05, 4.69) is 40.5 Å². The average molecular weight is 352 g/mol. The van der Waals surface area contributed by atoms with Gasteiger partial charge in [0.15, 0.2) is 0 Å². The second kappa shape index (κ2) is 6.44. The molecule has 3 aromatic rings. The standard InChI is InChI=1S/C19H20N4OS/c1-11-9-16-17(20-10-21-19(16)25-11)22-12(2)13-5-7-15(8-6-13)23-18(24)14-3-4-14/h5-10,12,14H,3-4H2,1-2H3,(H,23,24)(H,20,21,22). The first kappa shape index (κ1) is 16.0. The van der Waals surface area contributed by atoms with Crippen LogP contribution < -0.4 is 10.6 Å². The number of nitrogens with one attached hydrogen (secondary N) is 2. The molecule has 25 heavy (non-hydrogen) atoms. The van der Waals surface area contributed by atoms with Gasteiger partial charge in [-0.15, -0.1) is 11.3 Å². The lowest BCUT2D eigenvalue weighted by atomic mass is 10.1. The molecule has 2 N–H and O–H groups in total. The summed E-state index contributed by atoms with van der Waals surface area (Å²) in [7, 11) is 0. The molecule has 0 radical (unpaired) electrons. The Morgan fingerprint density at radius 2 is 2.00 bits per heavy atom. The van der Waals surface area contributed by atoms with E-state index in [1.165, 1.54) is 4.88 Å². The van der Waals surface area contributed by atoms with E-state index in [4.69, 9.17) is 0 Å². The van der Waals surface area contributed by atoms with Crippen molar-refractivity contribution < 1.29 is 4.79 Å². The summed E-state index contributed by atoms with van der Waals surface area (Å²) in [6.07, 6.45) is 3.63. The number of thiophene rings is 1. The van der Waals surface area contributed by atoms with Crippen LogP contribution >= 0.6 is 11.3 Å². The van der Waals surface area contributed by atoms with Crippen molar-refractivity contribution in [3.05, 3.63) is 47.1 Å². The lowest BCUT2D eigenvalue weighted by Crippen LogP contribution is -2.13. The maximum Gasteiger partial charge on any atom is 0.227 e. The molecule has 128 valence electrons. The third-order valence-corrected chi connectivity index (χ3v) is 5.39. The first-order valence-electron chi connectivity index (χ1n) is 8.48. The first-order chi connectivity index (χ1) is 12.1. The molecule has 1 fully saturated rings. The zero-order chi connectivity index (χ0) is 17.4. The molecule has 0 aliphatic heterocycles. The summed E-state index contributed by atoms with van der Waals surface area (Å²) in [6.45, 7) is 4.18. The van der Waals surface area contributed by atoms with E-state index < -0.39 is 0 Å². The largest absolute Gasteiger partial charge is 0.363 e. The van der Waals surface area contributed by atoms with E-state index in [9.17, 15) is 4.79 Å². The van der Waals surface area contributed by atoms with Gasteiger partial charge in [0, 0.05) is 22.5 Å². The second-order valence-electron chi connectivity index (χ2n) is 6.55. The monoisotopic (exact) mass is 352 g/mol. The van der Waals surface area contributed by atoms with Crippen LogP contribution in [-0.4, -0.2) is 15.9 Å². The summed E-state index contributed by atoms with van der Waals surface area (Å²) in [6, 6.07) is 10.2. The SMILES string of the molecule is Cc1cc2c(NC(C)c3ccc(NC(=O)C4CC4)cc3)ncnc2s1. The Balaban J connectivity index is 1.48. The van der Waals surface area contributed by atoms with Crippen LogP contribution in [0.1, 0.15) is 36.2 Å². The van der Waals surface area contributed by atoms with Gasteiger partial charge in [0.25, 0.3) is 0 Å². The number of hydrogen-bond acceptors (Lipinski definition) is 5. The fourth-order valence-electron chi connectivity index (χ4n) is 2.82. The molecule has 1 aromatic carbocycles. The molecule has 1 aliphatic carbocycles. The molecular formula is C19H20N4OS. The molecule has 1 atom stereocenters. The van der Waals surface area contributed by atoms with Crippen LogP contribution in [0.15, 0.2) is 36.7 Å². The van der Waals surface area contributed by atoms with Gasteiger partial charge in [-0.1, -0.05) is 12.1 Å². The molecule has 1 aliphatic rings. The van der Waals surface area contributed by atoms with E-state index in [1.54, 1.807) is 17.7 Å². The molecule has 0 saturated heterocycles. The minimum absolute atomic E-state index is 0.103. The number of carbonyl (C=O) groups is 1. The predicted octanol–water partition coefficient (Wildman–Crippen LogP) is 4.52. The van der Waals surface area contributed by atoms with Crippen LogP contribution in [0, 0.1) is 12.8 Å². The van der Waals surface area contributed by atoms with Crippen LogP contribution in [-0.2, 0) is 4.79 Å². The Hall–Kier alpha value is -2.47. The second-order valence-corrected chi connectivity index (χ2v) is 7.78. The number of hydrogen-bond donors (Lipinski definition) is 2. The van der Waals surface area contributed by atoms with Crippen molar-refractivity contribution in [2.75, 3.05) is 10.6 Å². The van der Waals surface area contributed by atoms with Gasteiger partial charge in [-0.3, -0.25) is 4.79 Å². The highest BCUT2D eigenvalue weighted by Gasteiger charge is 2.29. The number of rotatable bonds is 5. The van der Waals surface area contributed by atoms with Crippen molar-refractivity contribution in [2.24, 2.45) is 5.92 Å². The molecule has 4 rings (SSSR count). The fraction of sp³-hybridized carbons (Fsp3) is 0.316. The molecule has 2 heterocycles. The van der Waals surface area contributed by atoms with Crippen molar-refractivity contribution in [3.8, 4) is 0 Å². The molecule has 0 spiro atoms. The Morgan fingerprint density at radius 1 is 1.24 bits per heavy atom. The van der Waals surface area contributed by atoms with Gasteiger partial charge >= 0.3 is 0 Å². The summed E-state index contributed by atoms with van der Waals surface area (Å²) in [5.74, 6) is 1.21. The summed E-state index contributed by atoms with van der Waals surface area (Å²) in [5, 5.41) is 7.50. The Labute approximate surface area is 150 Å². The molecule has 6 heteroatoms. The van der Waals surface area contributed by atoms with Crippen LogP contribution in [0.2, 0.25) is 0 Å². The zero-order valence-electron chi connectivity index (χ0n) is 14.2. The van der Waals surface area contributed by atoms with E-state index in [0.29, 0.717) is 0 Å². The van der Waals surface area contributed by atoms with Gasteiger partial charge in [-0.25, -0.2) is 9.97 Å². The Kier molecular flexibility index (Phi) is 4.13. The van der Waals surface area contributed by atoms with Gasteiger partial charge in [-0.05, 0) is 50.5 Å². The molecule has 0 bridgehead atoms. The van der Waals surface area contributed by atoms with Crippen LogP contribution in [0.25, 0.3) is 10.2 Å². The highest BCUT2D eigenvalue weighted by molar-refractivity contribution is 7.18. The number of carbonyl (C=O) groups excluding carboxylic acids is 1. The number of nitrogens with zero attached hydrogens (tertiary/aromatic N) is 2. The van der Waals surface area contributed by atoms with E-state index >= 15 is 0 Å². The molecular weight excluding hydrogens is 332 g/mol. The van der Waals surface area contributed by atoms with E-state index in [-0.39, 0.29) is 17.9 Å². The minimum atomic E-state index is 0.103. The molecule has 1 amide bonds. The molecule has 5 nitrogen and oxygen atoms in total. The van der Waals surface area contributed by atoms with Crippen molar-refractivity contribution in [3.63, 3.8) is 0 Å². The van der Waals surface area contributed by atoms with Crippen LogP contribution in [0.5, 0.6) is 0 Å². The first-order valence-corrected chi connectivity index (χ1v) is 9.30. The van der Waals surface area contributed by atoms with Crippen LogP contribution in [0.3, 0.4) is 0 Å². The van der Waals surface area contributed by atoms with Gasteiger partial charge in [0.05, 0.1) is 5.39 Å². The average Bonchev–Trinajstić information content (AvgIpc) is 3.37. The van der Waals surface area contributed by atoms with Crippen molar-refractivity contribution in [1.82, 2.24) is 9.97 Å². The number of fused-ring (bicyclic) bond motifs is 1. The minimum Gasteiger partial charge on any atom is -0.363 e. The summed E-state index contributed by atoms with van der Waals surface area (Å²) >= 11 is 1.67. The maximum atomic E-state index is 11.8. The maximum absolute atomic E-state index is 11.8. The quantitative estimate of drug-likeness (QED) is 0.708. The zero-order valence-corrected chi connectivity index (χ0v) is 15.1. The number of benzene rings is 1. The number of anilines is 2. The van der Waals surface area contributed by atoms with Gasteiger partial charge in [0.2, 0.25) is 5.91 Å². The summed E-state index contributed by atoms with van der Waals surface area (Å²) < 4.78 is 0. The number of aromatic nitrogens is 2. The lowest BCUT2D eigenvalue weighted by Gasteiger charge is -2.16. The number of aryl methyl sites for hydroxylation is 1. The Bertz CT molecular complexity index is 915. The number of amides is 1. The van der Waals surface area contributed by atoms with Crippen LogP contribution in [0.4, 0.5) is 11.5 Å². The van der Waals surface area contributed by atoms with E-state index in [0.717, 1.165) is 40.1 Å². The van der Waals surface area contributed by atoms with Crippen molar-refractivity contribution in [1.29, 1.82) is 0 Å². The molecule has 1 saturated carbocycles.